The molecule has 0 radical (unpaired) electrons. The summed E-state index contributed by atoms with van der Waals surface area (Å²) in [5, 5.41) is 3.01. The Balaban J connectivity index is 2.18. The number of likely N-dealkylation sites (N-methyl/N-ethyl adjacent to an activating group) is 1. The predicted molar refractivity (Wildman–Crippen MR) is 116 cm³/mol. The fraction of sp³-hybridized carbons (Fsp3) is 0.409. The van der Waals surface area contributed by atoms with Crippen LogP contribution in [0.15, 0.2) is 36.4 Å². The SMILES string of the molecule is COc1cc(C(=O)NC[C@H](c2ccc(N(C)C)cc2)N(C)C)cc(OC)c1OC. The van der Waals surface area contributed by atoms with Gasteiger partial charge in [-0.25, -0.2) is 0 Å². The number of hydrogen-bond donors (Lipinski definition) is 1. The van der Waals surface area contributed by atoms with Crippen LogP contribution in [0.4, 0.5) is 5.69 Å². The highest BCUT2D eigenvalue weighted by atomic mass is 16.5. The van der Waals surface area contributed by atoms with Gasteiger partial charge in [0, 0.05) is 31.9 Å². The Morgan fingerprint density at radius 2 is 1.48 bits per heavy atom. The van der Waals surface area contributed by atoms with E-state index in [1.54, 1.807) is 12.1 Å². The van der Waals surface area contributed by atoms with Crippen molar-refractivity contribution >= 4 is 11.6 Å². The van der Waals surface area contributed by atoms with Gasteiger partial charge in [-0.1, -0.05) is 12.1 Å². The largest absolute Gasteiger partial charge is 0.493 e. The number of carbonyl (C=O) groups excluding carboxylic acids is 1. The predicted octanol–water partition coefficient (Wildman–Crippen LogP) is 2.81. The van der Waals surface area contributed by atoms with E-state index in [1.165, 1.54) is 21.3 Å². The molecule has 1 amide bonds. The maximum Gasteiger partial charge on any atom is 0.251 e. The van der Waals surface area contributed by atoms with E-state index in [0.29, 0.717) is 29.4 Å². The van der Waals surface area contributed by atoms with Crippen molar-refractivity contribution in [2.75, 3.05) is 61.0 Å². The Morgan fingerprint density at radius 3 is 1.90 bits per heavy atom. The molecule has 0 unspecified atom stereocenters. The van der Waals surface area contributed by atoms with E-state index in [-0.39, 0.29) is 11.9 Å². The van der Waals surface area contributed by atoms with Gasteiger partial charge in [-0.3, -0.25) is 4.79 Å². The van der Waals surface area contributed by atoms with Crippen LogP contribution in [0, 0.1) is 0 Å². The van der Waals surface area contributed by atoms with E-state index in [0.717, 1.165) is 11.3 Å². The number of nitrogens with zero attached hydrogens (tertiary/aromatic N) is 2. The van der Waals surface area contributed by atoms with Crippen LogP contribution in [0.3, 0.4) is 0 Å². The Labute approximate surface area is 173 Å². The number of anilines is 1. The van der Waals surface area contributed by atoms with Gasteiger partial charge in [-0.2, -0.15) is 0 Å². The van der Waals surface area contributed by atoms with Crippen LogP contribution in [-0.4, -0.2) is 66.9 Å². The number of nitrogens with one attached hydrogen (secondary N) is 1. The molecule has 0 spiro atoms. The maximum atomic E-state index is 12.8. The lowest BCUT2D eigenvalue weighted by Crippen LogP contribution is -2.34. The van der Waals surface area contributed by atoms with Crippen LogP contribution in [-0.2, 0) is 0 Å². The fourth-order valence-electron chi connectivity index (χ4n) is 3.10. The molecule has 0 heterocycles. The van der Waals surface area contributed by atoms with E-state index < -0.39 is 0 Å². The average Bonchev–Trinajstić information content (AvgIpc) is 2.72. The monoisotopic (exact) mass is 401 g/mol. The van der Waals surface area contributed by atoms with Gasteiger partial charge < -0.3 is 29.3 Å². The quantitative estimate of drug-likeness (QED) is 0.697. The van der Waals surface area contributed by atoms with Gasteiger partial charge >= 0.3 is 0 Å². The van der Waals surface area contributed by atoms with Gasteiger partial charge in [0.25, 0.3) is 5.91 Å². The van der Waals surface area contributed by atoms with E-state index in [4.69, 9.17) is 14.2 Å². The Bertz CT molecular complexity index is 794. The minimum absolute atomic E-state index is 0.0391. The second-order valence-corrected chi connectivity index (χ2v) is 7.09. The van der Waals surface area contributed by atoms with Crippen molar-refractivity contribution in [3.05, 3.63) is 47.5 Å². The molecule has 0 saturated heterocycles. The van der Waals surface area contributed by atoms with Crippen LogP contribution < -0.4 is 24.4 Å². The third-order valence-electron chi connectivity index (χ3n) is 4.80. The summed E-state index contributed by atoms with van der Waals surface area (Å²) in [6, 6.07) is 11.7. The van der Waals surface area contributed by atoms with Crippen molar-refractivity contribution in [2.24, 2.45) is 0 Å². The standard InChI is InChI=1S/C22H31N3O4/c1-24(2)17-10-8-15(9-11-17)18(25(3)4)14-23-22(26)16-12-19(27-5)21(29-7)20(13-16)28-6/h8-13,18H,14H2,1-7H3,(H,23,26)/t18-/m1/s1. The normalized spacial score (nSPS) is 11.7. The molecule has 1 N–H and O–H groups in total. The van der Waals surface area contributed by atoms with Crippen molar-refractivity contribution in [1.29, 1.82) is 0 Å². The second kappa shape index (κ2) is 10.0. The molecule has 0 aliphatic rings. The summed E-state index contributed by atoms with van der Waals surface area (Å²) in [4.78, 5) is 16.9. The number of ether oxygens (including phenoxy) is 3. The Hall–Kier alpha value is -2.93. The van der Waals surface area contributed by atoms with Crippen molar-refractivity contribution < 1.29 is 19.0 Å². The maximum absolute atomic E-state index is 12.8. The smallest absolute Gasteiger partial charge is 0.251 e. The molecule has 0 aliphatic heterocycles. The Morgan fingerprint density at radius 1 is 0.931 bits per heavy atom. The van der Waals surface area contributed by atoms with E-state index in [9.17, 15) is 4.79 Å². The van der Waals surface area contributed by atoms with Gasteiger partial charge in [0.15, 0.2) is 11.5 Å². The summed E-state index contributed by atoms with van der Waals surface area (Å²) >= 11 is 0. The summed E-state index contributed by atoms with van der Waals surface area (Å²) in [5.74, 6) is 1.14. The summed E-state index contributed by atoms with van der Waals surface area (Å²) < 4.78 is 16.0. The lowest BCUT2D eigenvalue weighted by Gasteiger charge is -2.26. The molecule has 0 saturated carbocycles. The summed E-state index contributed by atoms with van der Waals surface area (Å²) in [6.45, 7) is 0.462. The van der Waals surface area contributed by atoms with E-state index in [2.05, 4.69) is 39.4 Å². The zero-order chi connectivity index (χ0) is 21.6. The first kappa shape index (κ1) is 22.4. The first-order chi connectivity index (χ1) is 13.8. The van der Waals surface area contributed by atoms with Gasteiger partial charge in [-0.15, -0.1) is 0 Å². The molecule has 7 nitrogen and oxygen atoms in total. The highest BCUT2D eigenvalue weighted by molar-refractivity contribution is 5.95. The van der Waals surface area contributed by atoms with Crippen molar-refractivity contribution in [2.45, 2.75) is 6.04 Å². The molecule has 0 aromatic heterocycles. The number of carbonyl (C=O) groups is 1. The van der Waals surface area contributed by atoms with Crippen LogP contribution in [0.1, 0.15) is 22.0 Å². The van der Waals surface area contributed by atoms with Gasteiger partial charge in [0.1, 0.15) is 0 Å². The number of hydrogen-bond acceptors (Lipinski definition) is 6. The van der Waals surface area contributed by atoms with Crippen LogP contribution in [0.5, 0.6) is 17.2 Å². The highest BCUT2D eigenvalue weighted by Gasteiger charge is 2.19. The zero-order valence-corrected chi connectivity index (χ0v) is 18.3. The third-order valence-corrected chi connectivity index (χ3v) is 4.80. The molecule has 2 aromatic rings. The number of benzene rings is 2. The Kier molecular flexibility index (Phi) is 7.73. The fourth-order valence-corrected chi connectivity index (χ4v) is 3.10. The number of rotatable bonds is 9. The number of methoxy groups -OCH3 is 3. The minimum Gasteiger partial charge on any atom is -0.493 e. The highest BCUT2D eigenvalue weighted by Crippen LogP contribution is 2.38. The molecule has 2 aromatic carbocycles. The lowest BCUT2D eigenvalue weighted by molar-refractivity contribution is 0.0941. The van der Waals surface area contributed by atoms with Crippen LogP contribution >= 0.6 is 0 Å². The molecule has 0 aliphatic carbocycles. The van der Waals surface area contributed by atoms with Gasteiger partial charge in [-0.05, 0) is 43.9 Å². The van der Waals surface area contributed by atoms with E-state index >= 15 is 0 Å². The van der Waals surface area contributed by atoms with E-state index in [1.807, 2.05) is 28.2 Å². The topological polar surface area (TPSA) is 63.3 Å². The molecule has 7 heteroatoms. The zero-order valence-electron chi connectivity index (χ0n) is 18.3. The molecule has 0 fully saturated rings. The summed E-state index contributed by atoms with van der Waals surface area (Å²) in [6.07, 6.45) is 0. The second-order valence-electron chi connectivity index (χ2n) is 7.09. The average molecular weight is 402 g/mol. The first-order valence-corrected chi connectivity index (χ1v) is 9.34. The van der Waals surface area contributed by atoms with Gasteiger partial charge in [0.2, 0.25) is 5.75 Å². The molecule has 1 atom stereocenters. The van der Waals surface area contributed by atoms with Gasteiger partial charge in [0.05, 0.1) is 27.4 Å². The molecular formula is C22H31N3O4. The van der Waals surface area contributed by atoms with Crippen molar-refractivity contribution in [3.63, 3.8) is 0 Å². The summed E-state index contributed by atoms with van der Waals surface area (Å²) in [5.41, 5.74) is 2.71. The molecule has 158 valence electrons. The third kappa shape index (κ3) is 5.32. The lowest BCUT2D eigenvalue weighted by atomic mass is 10.0. The minimum atomic E-state index is -0.207. The molecule has 29 heavy (non-hydrogen) atoms. The molecular weight excluding hydrogens is 370 g/mol. The first-order valence-electron chi connectivity index (χ1n) is 9.34. The molecule has 0 bridgehead atoms. The van der Waals surface area contributed by atoms with Crippen molar-refractivity contribution in [3.8, 4) is 17.2 Å². The number of amides is 1. The van der Waals surface area contributed by atoms with Crippen LogP contribution in [0.25, 0.3) is 0 Å². The summed E-state index contributed by atoms with van der Waals surface area (Å²) in [7, 11) is 12.6. The van der Waals surface area contributed by atoms with Crippen molar-refractivity contribution in [1.82, 2.24) is 10.2 Å². The van der Waals surface area contributed by atoms with Crippen LogP contribution in [0.2, 0.25) is 0 Å². The molecule has 2 rings (SSSR count).